The zero-order chi connectivity index (χ0) is 20.8. The number of hydrogen-bond acceptors (Lipinski definition) is 6. The van der Waals surface area contributed by atoms with E-state index in [1.807, 2.05) is 49.3 Å². The van der Waals surface area contributed by atoms with Gasteiger partial charge in [0.2, 0.25) is 11.8 Å². The van der Waals surface area contributed by atoms with Crippen molar-refractivity contribution in [1.82, 2.24) is 20.4 Å². The minimum absolute atomic E-state index is 0.0369. The zero-order valence-corrected chi connectivity index (χ0v) is 16.5. The highest BCUT2D eigenvalue weighted by atomic mass is 16.4. The van der Waals surface area contributed by atoms with E-state index < -0.39 is 11.8 Å². The van der Waals surface area contributed by atoms with E-state index in [0.29, 0.717) is 24.0 Å². The third-order valence-corrected chi connectivity index (χ3v) is 4.39. The van der Waals surface area contributed by atoms with Crippen molar-refractivity contribution in [3.8, 4) is 11.5 Å². The third kappa shape index (κ3) is 5.26. The first kappa shape index (κ1) is 20.2. The molecule has 0 aliphatic rings. The van der Waals surface area contributed by atoms with Crippen LogP contribution < -0.4 is 10.6 Å². The van der Waals surface area contributed by atoms with Crippen LogP contribution in [-0.2, 0) is 9.59 Å². The highest BCUT2D eigenvalue weighted by Crippen LogP contribution is 2.20. The van der Waals surface area contributed by atoms with Crippen molar-refractivity contribution in [2.24, 2.45) is 0 Å². The van der Waals surface area contributed by atoms with Crippen LogP contribution in [0.15, 0.2) is 59.0 Å². The summed E-state index contributed by atoms with van der Waals surface area (Å²) in [6, 6.07) is 16.6. The molecule has 1 aromatic heterocycles. The van der Waals surface area contributed by atoms with Crippen LogP contribution in [0.2, 0.25) is 0 Å². The fourth-order valence-electron chi connectivity index (χ4n) is 2.84. The summed E-state index contributed by atoms with van der Waals surface area (Å²) in [6.45, 7) is 2.03. The van der Waals surface area contributed by atoms with E-state index in [1.54, 1.807) is 31.2 Å². The predicted octanol–water partition coefficient (Wildman–Crippen LogP) is 2.40. The van der Waals surface area contributed by atoms with E-state index in [2.05, 4.69) is 20.8 Å². The number of nitrogens with one attached hydrogen (secondary N) is 2. The molecule has 29 heavy (non-hydrogen) atoms. The van der Waals surface area contributed by atoms with Crippen molar-refractivity contribution in [3.63, 3.8) is 0 Å². The van der Waals surface area contributed by atoms with E-state index in [-0.39, 0.29) is 6.04 Å². The molecule has 8 nitrogen and oxygen atoms in total. The highest BCUT2D eigenvalue weighted by Gasteiger charge is 2.19. The Morgan fingerprint density at radius 2 is 1.69 bits per heavy atom. The second-order valence-electron chi connectivity index (χ2n) is 6.76. The van der Waals surface area contributed by atoms with E-state index in [9.17, 15) is 9.59 Å². The molecule has 0 radical (unpaired) electrons. The number of amides is 2. The fraction of sp³-hybridized carbons (Fsp3) is 0.238. The van der Waals surface area contributed by atoms with Gasteiger partial charge in [0.05, 0.1) is 6.04 Å². The van der Waals surface area contributed by atoms with Crippen molar-refractivity contribution < 1.29 is 14.0 Å². The number of anilines is 1. The number of aromatic nitrogens is 2. The van der Waals surface area contributed by atoms with Crippen molar-refractivity contribution in [2.75, 3.05) is 26.0 Å². The summed E-state index contributed by atoms with van der Waals surface area (Å²) in [6.07, 6.45) is 0. The molecule has 0 spiro atoms. The monoisotopic (exact) mass is 393 g/mol. The summed E-state index contributed by atoms with van der Waals surface area (Å²) in [5.41, 5.74) is 2.28. The van der Waals surface area contributed by atoms with E-state index in [1.165, 1.54) is 0 Å². The first-order valence-corrected chi connectivity index (χ1v) is 9.15. The smallest absolute Gasteiger partial charge is 0.313 e. The van der Waals surface area contributed by atoms with Gasteiger partial charge in [0.1, 0.15) is 0 Å². The molecule has 2 N–H and O–H groups in total. The number of likely N-dealkylation sites (N-methyl/N-ethyl adjacent to an activating group) is 1. The second kappa shape index (κ2) is 9.11. The Bertz CT molecular complexity index is 967. The van der Waals surface area contributed by atoms with Crippen LogP contribution in [-0.4, -0.2) is 47.6 Å². The van der Waals surface area contributed by atoms with Crippen LogP contribution in [0.4, 0.5) is 5.69 Å². The van der Waals surface area contributed by atoms with Gasteiger partial charge in [0.25, 0.3) is 0 Å². The molecule has 3 rings (SSSR count). The number of rotatable bonds is 6. The van der Waals surface area contributed by atoms with E-state index in [4.69, 9.17) is 4.42 Å². The number of carbonyl (C=O) groups is 2. The van der Waals surface area contributed by atoms with Crippen molar-refractivity contribution >= 4 is 17.5 Å². The Morgan fingerprint density at radius 3 is 2.28 bits per heavy atom. The Labute approximate surface area is 168 Å². The summed E-state index contributed by atoms with van der Waals surface area (Å²) >= 11 is 0. The van der Waals surface area contributed by atoms with Crippen LogP contribution in [0.1, 0.15) is 17.5 Å². The zero-order valence-electron chi connectivity index (χ0n) is 16.5. The molecule has 0 aliphatic heterocycles. The van der Waals surface area contributed by atoms with Crippen LogP contribution in [0.25, 0.3) is 11.5 Å². The molecule has 3 aromatic rings. The van der Waals surface area contributed by atoms with Gasteiger partial charge in [-0.1, -0.05) is 30.3 Å². The Kier molecular flexibility index (Phi) is 6.36. The average molecular weight is 393 g/mol. The summed E-state index contributed by atoms with van der Waals surface area (Å²) in [4.78, 5) is 26.4. The molecule has 0 bridgehead atoms. The first-order valence-electron chi connectivity index (χ1n) is 9.15. The minimum Gasteiger partial charge on any atom is -0.421 e. The molecule has 150 valence electrons. The summed E-state index contributed by atoms with van der Waals surface area (Å²) < 4.78 is 5.36. The number of aryl methyl sites for hydroxylation is 1. The van der Waals surface area contributed by atoms with Gasteiger partial charge in [-0.25, -0.2) is 0 Å². The van der Waals surface area contributed by atoms with Gasteiger partial charge in [0, 0.05) is 24.7 Å². The summed E-state index contributed by atoms with van der Waals surface area (Å²) in [7, 11) is 3.85. The lowest BCUT2D eigenvalue weighted by Crippen LogP contribution is -2.40. The molecular formula is C21H23N5O3. The molecule has 0 unspecified atom stereocenters. The van der Waals surface area contributed by atoms with Crippen molar-refractivity contribution in [2.45, 2.75) is 13.0 Å². The molecule has 2 aromatic carbocycles. The van der Waals surface area contributed by atoms with Crippen LogP contribution in [0, 0.1) is 6.92 Å². The molecular weight excluding hydrogens is 370 g/mol. The average Bonchev–Trinajstić information content (AvgIpc) is 3.15. The number of nitrogens with zero attached hydrogens (tertiary/aromatic N) is 3. The maximum atomic E-state index is 12.2. The molecule has 0 fully saturated rings. The highest BCUT2D eigenvalue weighted by molar-refractivity contribution is 6.39. The molecule has 0 saturated carbocycles. The topological polar surface area (TPSA) is 100 Å². The lowest BCUT2D eigenvalue weighted by molar-refractivity contribution is -0.136. The Balaban J connectivity index is 1.57. The molecule has 1 heterocycles. The molecule has 0 saturated heterocycles. The molecule has 8 heteroatoms. The van der Waals surface area contributed by atoms with Crippen LogP contribution >= 0.6 is 0 Å². The van der Waals surface area contributed by atoms with Crippen molar-refractivity contribution in [3.05, 3.63) is 66.1 Å². The number of hydrogen-bond donors (Lipinski definition) is 2. The SMILES string of the molecule is Cc1nnc(-c2ccc(NC(=O)C(=O)NC[C@@H](c3ccccc3)N(C)C)cc2)o1. The maximum Gasteiger partial charge on any atom is 0.313 e. The van der Waals surface area contributed by atoms with E-state index in [0.717, 1.165) is 11.1 Å². The fourth-order valence-corrected chi connectivity index (χ4v) is 2.84. The van der Waals surface area contributed by atoms with Gasteiger partial charge in [0.15, 0.2) is 0 Å². The standard InChI is InChI=1S/C21H23N5O3/c1-14-24-25-21(29-14)16-9-11-17(12-10-16)23-20(28)19(27)22-13-18(26(2)3)15-7-5-4-6-8-15/h4-12,18H,13H2,1-3H3,(H,22,27)(H,23,28)/t18-/m0/s1. The lowest BCUT2D eigenvalue weighted by Gasteiger charge is -2.25. The summed E-state index contributed by atoms with van der Waals surface area (Å²) in [5.74, 6) is -0.546. The largest absolute Gasteiger partial charge is 0.421 e. The normalized spacial score (nSPS) is 11.9. The van der Waals surface area contributed by atoms with Gasteiger partial charge in [-0.3, -0.25) is 9.59 Å². The predicted molar refractivity (Wildman–Crippen MR) is 109 cm³/mol. The van der Waals surface area contributed by atoms with Crippen LogP contribution in [0.3, 0.4) is 0 Å². The molecule has 1 atom stereocenters. The minimum atomic E-state index is -0.725. The lowest BCUT2D eigenvalue weighted by atomic mass is 10.1. The van der Waals surface area contributed by atoms with Gasteiger partial charge in [-0.2, -0.15) is 0 Å². The second-order valence-corrected chi connectivity index (χ2v) is 6.76. The summed E-state index contributed by atoms with van der Waals surface area (Å²) in [5, 5.41) is 13.0. The van der Waals surface area contributed by atoms with Gasteiger partial charge < -0.3 is 20.0 Å². The molecule has 2 amide bonds. The Morgan fingerprint density at radius 1 is 1.00 bits per heavy atom. The quantitative estimate of drug-likeness (QED) is 0.624. The number of benzene rings is 2. The van der Waals surface area contributed by atoms with E-state index >= 15 is 0 Å². The first-order chi connectivity index (χ1) is 13.9. The maximum absolute atomic E-state index is 12.2. The Hall–Kier alpha value is -3.52. The van der Waals surface area contributed by atoms with Gasteiger partial charge >= 0.3 is 11.8 Å². The third-order valence-electron chi connectivity index (χ3n) is 4.39. The van der Waals surface area contributed by atoms with Gasteiger partial charge in [-0.05, 0) is 43.9 Å². The van der Waals surface area contributed by atoms with Crippen molar-refractivity contribution in [1.29, 1.82) is 0 Å². The molecule has 0 aliphatic carbocycles. The van der Waals surface area contributed by atoms with Gasteiger partial charge in [-0.15, -0.1) is 10.2 Å². The van der Waals surface area contributed by atoms with Crippen LogP contribution in [0.5, 0.6) is 0 Å². The number of carbonyl (C=O) groups excluding carboxylic acids is 2.